The van der Waals surface area contributed by atoms with Crippen molar-refractivity contribution >= 4 is 50.5 Å². The second-order valence-electron chi connectivity index (χ2n) is 10.2. The number of ether oxygens (including phenoxy) is 1. The number of nitrogens with one attached hydrogen (secondary N) is 2. The largest absolute Gasteiger partial charge is 0.437 e. The number of nitrogens with zero attached hydrogens (tertiary/aromatic N) is 4. The first-order valence-corrected chi connectivity index (χ1v) is 14.0. The molecule has 5 rings (SSSR count). The Labute approximate surface area is 233 Å². The number of hydrogen-bond acceptors (Lipinski definition) is 8. The fourth-order valence-electron chi connectivity index (χ4n) is 4.46. The maximum absolute atomic E-state index is 12.5. The van der Waals surface area contributed by atoms with E-state index in [-0.39, 0.29) is 5.91 Å². The molecule has 1 fully saturated rings. The number of carbonyl (C=O) groups is 1. The molecule has 1 amide bonds. The maximum Gasteiger partial charge on any atom is 0.250 e. The van der Waals surface area contributed by atoms with Gasteiger partial charge in [0.15, 0.2) is 0 Å². The molecule has 0 atom stereocenters. The van der Waals surface area contributed by atoms with Crippen molar-refractivity contribution in [2.75, 3.05) is 48.8 Å². The first kappa shape index (κ1) is 26.6. The highest BCUT2D eigenvalue weighted by molar-refractivity contribution is 7.17. The van der Waals surface area contributed by atoms with Crippen LogP contribution in [0, 0.1) is 5.92 Å². The number of rotatable bonds is 9. The Morgan fingerprint density at radius 1 is 1.05 bits per heavy atom. The number of carbonyl (C=O) groups excluding carboxylic acids is 1. The van der Waals surface area contributed by atoms with Crippen LogP contribution >= 0.6 is 11.3 Å². The van der Waals surface area contributed by atoms with Gasteiger partial charge in [-0.25, -0.2) is 4.98 Å². The van der Waals surface area contributed by atoms with E-state index in [1.165, 1.54) is 17.0 Å². The van der Waals surface area contributed by atoms with Crippen molar-refractivity contribution in [3.63, 3.8) is 0 Å². The van der Waals surface area contributed by atoms with Crippen molar-refractivity contribution < 1.29 is 9.53 Å². The highest BCUT2D eigenvalue weighted by atomic mass is 32.1. The molecule has 0 aliphatic carbocycles. The third-order valence-corrected chi connectivity index (χ3v) is 7.44. The molecule has 0 radical (unpaired) electrons. The summed E-state index contributed by atoms with van der Waals surface area (Å²) in [5.74, 6) is 1.66. The number of aromatic nitrogens is 2. The van der Waals surface area contributed by atoms with Crippen LogP contribution in [0.5, 0.6) is 11.6 Å². The average Bonchev–Trinajstić information content (AvgIpc) is 3.39. The topological polar surface area (TPSA) is 82.6 Å². The van der Waals surface area contributed by atoms with Crippen LogP contribution in [-0.2, 0) is 4.79 Å². The van der Waals surface area contributed by atoms with Gasteiger partial charge in [-0.1, -0.05) is 26.5 Å². The van der Waals surface area contributed by atoms with Crippen LogP contribution in [0.1, 0.15) is 20.3 Å². The predicted molar refractivity (Wildman–Crippen MR) is 161 cm³/mol. The summed E-state index contributed by atoms with van der Waals surface area (Å²) in [5, 5.41) is 8.21. The fourth-order valence-corrected chi connectivity index (χ4v) is 5.22. The van der Waals surface area contributed by atoms with Crippen LogP contribution in [0.4, 0.5) is 23.0 Å². The van der Waals surface area contributed by atoms with Gasteiger partial charge in [-0.05, 0) is 67.2 Å². The summed E-state index contributed by atoms with van der Waals surface area (Å²) in [7, 11) is 2.16. The predicted octanol–water partition coefficient (Wildman–Crippen LogP) is 6.52. The van der Waals surface area contributed by atoms with Crippen molar-refractivity contribution in [2.45, 2.75) is 20.3 Å². The van der Waals surface area contributed by atoms with Gasteiger partial charge in [0.25, 0.3) is 5.91 Å². The number of hydrogen-bond donors (Lipinski definition) is 2. The fraction of sp³-hybridized carbons (Fsp3) is 0.300. The SMILES string of the molecule is C=C(CC(C)C)C(=O)Nc1cccc(Oc2nc(Nc3ccc(N4CCN(C)CC4)cc3)nc3ccsc23)c1. The molecule has 2 N–H and O–H groups in total. The summed E-state index contributed by atoms with van der Waals surface area (Å²) in [5.41, 5.74) is 4.11. The van der Waals surface area contributed by atoms with E-state index >= 15 is 0 Å². The van der Waals surface area contributed by atoms with Gasteiger partial charge in [0.1, 0.15) is 10.4 Å². The van der Waals surface area contributed by atoms with Crippen molar-refractivity contribution in [1.82, 2.24) is 14.9 Å². The average molecular weight is 543 g/mol. The molecular weight excluding hydrogens is 508 g/mol. The molecule has 4 aromatic rings. The molecule has 8 nitrogen and oxygen atoms in total. The van der Waals surface area contributed by atoms with Crippen molar-refractivity contribution in [3.05, 3.63) is 72.1 Å². The lowest BCUT2D eigenvalue weighted by Gasteiger charge is -2.34. The summed E-state index contributed by atoms with van der Waals surface area (Å²) in [6, 6.07) is 17.6. The second kappa shape index (κ2) is 11.8. The first-order valence-electron chi connectivity index (χ1n) is 13.2. The third-order valence-electron chi connectivity index (χ3n) is 6.55. The molecule has 2 aromatic heterocycles. The normalized spacial score (nSPS) is 14.0. The molecule has 39 heavy (non-hydrogen) atoms. The van der Waals surface area contributed by atoms with E-state index in [0.717, 1.165) is 42.1 Å². The van der Waals surface area contributed by atoms with Crippen LogP contribution in [0.15, 0.2) is 72.1 Å². The number of thiophene rings is 1. The lowest BCUT2D eigenvalue weighted by atomic mass is 10.0. The molecule has 1 aliphatic heterocycles. The number of benzene rings is 2. The van der Waals surface area contributed by atoms with Gasteiger partial charge >= 0.3 is 0 Å². The first-order chi connectivity index (χ1) is 18.8. The van der Waals surface area contributed by atoms with Gasteiger partial charge in [0.05, 0.1) is 5.52 Å². The highest BCUT2D eigenvalue weighted by Gasteiger charge is 2.16. The van der Waals surface area contributed by atoms with Gasteiger partial charge < -0.3 is 25.2 Å². The second-order valence-corrected chi connectivity index (χ2v) is 11.2. The van der Waals surface area contributed by atoms with Crippen LogP contribution in [0.3, 0.4) is 0 Å². The molecule has 0 saturated carbocycles. The molecule has 9 heteroatoms. The number of likely N-dealkylation sites (N-methyl/N-ethyl adjacent to an activating group) is 1. The highest BCUT2D eigenvalue weighted by Crippen LogP contribution is 2.34. The summed E-state index contributed by atoms with van der Waals surface area (Å²) in [6.45, 7) is 12.2. The summed E-state index contributed by atoms with van der Waals surface area (Å²) in [6.07, 6.45) is 0.647. The Kier molecular flexibility index (Phi) is 8.09. The Morgan fingerprint density at radius 3 is 2.56 bits per heavy atom. The third kappa shape index (κ3) is 6.74. The molecule has 2 aromatic carbocycles. The molecular formula is C30H34N6O2S. The molecule has 3 heterocycles. The Bertz CT molecular complexity index is 1460. The number of anilines is 4. The van der Waals surface area contributed by atoms with Gasteiger partial charge in [0.2, 0.25) is 11.8 Å². The Balaban J connectivity index is 1.30. The van der Waals surface area contributed by atoms with Crippen LogP contribution in [0.2, 0.25) is 0 Å². The zero-order valence-electron chi connectivity index (χ0n) is 22.6. The van der Waals surface area contributed by atoms with E-state index in [2.05, 4.69) is 82.1 Å². The van der Waals surface area contributed by atoms with Gasteiger partial charge in [-0.2, -0.15) is 4.98 Å². The molecule has 0 unspecified atom stereocenters. The van der Waals surface area contributed by atoms with E-state index in [1.54, 1.807) is 6.07 Å². The molecule has 0 spiro atoms. The van der Waals surface area contributed by atoms with Gasteiger partial charge in [-0.3, -0.25) is 4.79 Å². The van der Waals surface area contributed by atoms with E-state index in [1.807, 2.05) is 29.6 Å². The molecule has 202 valence electrons. The minimum absolute atomic E-state index is 0.186. The Morgan fingerprint density at radius 2 is 1.82 bits per heavy atom. The summed E-state index contributed by atoms with van der Waals surface area (Å²) in [4.78, 5) is 26.6. The maximum atomic E-state index is 12.5. The molecule has 0 bridgehead atoms. The summed E-state index contributed by atoms with van der Waals surface area (Å²) >= 11 is 1.52. The van der Waals surface area contributed by atoms with Crippen LogP contribution in [0.25, 0.3) is 10.2 Å². The van der Waals surface area contributed by atoms with E-state index < -0.39 is 0 Å². The lowest BCUT2D eigenvalue weighted by Crippen LogP contribution is -2.44. The zero-order valence-corrected chi connectivity index (χ0v) is 23.4. The summed E-state index contributed by atoms with van der Waals surface area (Å²) < 4.78 is 7.07. The zero-order chi connectivity index (χ0) is 27.4. The monoisotopic (exact) mass is 542 g/mol. The minimum Gasteiger partial charge on any atom is -0.437 e. The lowest BCUT2D eigenvalue weighted by molar-refractivity contribution is -0.113. The number of fused-ring (bicyclic) bond motifs is 1. The molecule has 1 saturated heterocycles. The minimum atomic E-state index is -0.186. The van der Waals surface area contributed by atoms with Gasteiger partial charge in [0, 0.05) is 54.9 Å². The van der Waals surface area contributed by atoms with Crippen LogP contribution < -0.4 is 20.3 Å². The standard InChI is InChI=1S/C30H34N6O2S/c1-20(2)18-21(3)28(37)31-23-6-5-7-25(19-23)38-29-27-26(12-17-39-27)33-30(34-29)32-22-8-10-24(11-9-22)36-15-13-35(4)14-16-36/h5-12,17,19-20H,3,13-16,18H2,1-2,4H3,(H,31,37)(H,32,33,34). The van der Waals surface area contributed by atoms with Crippen molar-refractivity contribution in [2.24, 2.45) is 5.92 Å². The number of piperazine rings is 1. The quantitative estimate of drug-likeness (QED) is 0.233. The van der Waals surface area contributed by atoms with Crippen molar-refractivity contribution in [1.29, 1.82) is 0 Å². The van der Waals surface area contributed by atoms with E-state index in [0.29, 0.717) is 41.2 Å². The van der Waals surface area contributed by atoms with Crippen molar-refractivity contribution in [3.8, 4) is 11.6 Å². The smallest absolute Gasteiger partial charge is 0.250 e. The van der Waals surface area contributed by atoms with Crippen LogP contribution in [-0.4, -0.2) is 54.0 Å². The number of amides is 1. The van der Waals surface area contributed by atoms with Gasteiger partial charge in [-0.15, -0.1) is 11.3 Å². The van der Waals surface area contributed by atoms with E-state index in [4.69, 9.17) is 4.74 Å². The Hall–Kier alpha value is -3.95. The molecule has 1 aliphatic rings. The van der Waals surface area contributed by atoms with E-state index in [9.17, 15) is 4.79 Å².